The second-order valence-electron chi connectivity index (χ2n) is 4.81. The van der Waals surface area contributed by atoms with Crippen LogP contribution in [0.2, 0.25) is 0 Å². The van der Waals surface area contributed by atoms with E-state index in [2.05, 4.69) is 31.2 Å². The topological polar surface area (TPSA) is 26.3 Å². The zero-order chi connectivity index (χ0) is 9.76. The highest BCUT2D eigenvalue weighted by Gasteiger charge is 2.53. The fraction of sp³-hybridized carbons (Fsp3) is 0.583. The summed E-state index contributed by atoms with van der Waals surface area (Å²) in [4.78, 5) is 11.5. The molecule has 0 aromatic carbocycles. The summed E-state index contributed by atoms with van der Waals surface area (Å²) in [5, 5.41) is 0. The second kappa shape index (κ2) is 2.50. The lowest BCUT2D eigenvalue weighted by Crippen LogP contribution is -2.40. The summed E-state index contributed by atoms with van der Waals surface area (Å²) in [6.45, 7) is 2.21. The molecule has 0 spiro atoms. The average molecular weight is 190 g/mol. The van der Waals surface area contributed by atoms with Crippen molar-refractivity contribution in [1.29, 1.82) is 0 Å². The van der Waals surface area contributed by atoms with Crippen molar-refractivity contribution in [1.82, 2.24) is 0 Å². The van der Waals surface area contributed by atoms with Crippen LogP contribution in [0.1, 0.15) is 19.8 Å². The first-order chi connectivity index (χ1) is 6.70. The molecule has 74 valence electrons. The van der Waals surface area contributed by atoms with Crippen LogP contribution in [-0.4, -0.2) is 12.1 Å². The van der Waals surface area contributed by atoms with Gasteiger partial charge in [-0.1, -0.05) is 31.2 Å². The summed E-state index contributed by atoms with van der Waals surface area (Å²) in [6, 6.07) is 0. The summed E-state index contributed by atoms with van der Waals surface area (Å²) in [5.74, 6) is 0.671. The minimum Gasteiger partial charge on any atom is -0.461 e. The van der Waals surface area contributed by atoms with Crippen LogP contribution in [0.15, 0.2) is 24.3 Å². The van der Waals surface area contributed by atoms with Gasteiger partial charge in [-0.25, -0.2) is 0 Å². The molecule has 1 heterocycles. The van der Waals surface area contributed by atoms with E-state index in [4.69, 9.17) is 4.74 Å². The van der Waals surface area contributed by atoms with E-state index in [1.165, 1.54) is 0 Å². The van der Waals surface area contributed by atoms with Gasteiger partial charge in [-0.2, -0.15) is 0 Å². The summed E-state index contributed by atoms with van der Waals surface area (Å²) >= 11 is 0. The van der Waals surface area contributed by atoms with Gasteiger partial charge in [0, 0.05) is 5.41 Å². The van der Waals surface area contributed by atoms with E-state index < -0.39 is 0 Å². The zero-order valence-corrected chi connectivity index (χ0v) is 8.27. The van der Waals surface area contributed by atoms with Crippen LogP contribution >= 0.6 is 0 Å². The van der Waals surface area contributed by atoms with Crippen molar-refractivity contribution in [3.8, 4) is 0 Å². The lowest BCUT2D eigenvalue weighted by Gasteiger charge is -2.41. The minimum atomic E-state index is 0.0208. The zero-order valence-electron chi connectivity index (χ0n) is 8.27. The molecule has 3 aliphatic rings. The van der Waals surface area contributed by atoms with Gasteiger partial charge in [0.2, 0.25) is 0 Å². The first-order valence-electron chi connectivity index (χ1n) is 5.26. The number of fused-ring (bicyclic) bond motifs is 4. The third kappa shape index (κ3) is 0.887. The van der Waals surface area contributed by atoms with E-state index in [9.17, 15) is 4.79 Å². The van der Waals surface area contributed by atoms with Crippen molar-refractivity contribution in [2.24, 2.45) is 17.3 Å². The van der Waals surface area contributed by atoms with E-state index >= 15 is 0 Å². The fourth-order valence-electron chi connectivity index (χ4n) is 2.99. The molecule has 0 aromatic rings. The van der Waals surface area contributed by atoms with E-state index in [1.807, 2.05) is 0 Å². The first kappa shape index (κ1) is 8.27. The van der Waals surface area contributed by atoms with Gasteiger partial charge < -0.3 is 4.74 Å². The summed E-state index contributed by atoms with van der Waals surface area (Å²) in [6.07, 6.45) is 10.6. The molecule has 1 saturated heterocycles. The van der Waals surface area contributed by atoms with Crippen molar-refractivity contribution < 1.29 is 9.53 Å². The molecule has 2 heteroatoms. The van der Waals surface area contributed by atoms with Crippen molar-refractivity contribution in [3.05, 3.63) is 24.3 Å². The van der Waals surface area contributed by atoms with Gasteiger partial charge >= 0.3 is 5.97 Å². The number of rotatable bonds is 0. The number of ether oxygens (including phenoxy) is 1. The van der Waals surface area contributed by atoms with Gasteiger partial charge in [0.15, 0.2) is 0 Å². The Hall–Kier alpha value is -1.05. The van der Waals surface area contributed by atoms with E-state index in [1.54, 1.807) is 0 Å². The smallest absolute Gasteiger partial charge is 0.309 e. The SMILES string of the molecule is CC12C=CC=C[C@H]1CC1CC2OC1=O. The van der Waals surface area contributed by atoms with Crippen molar-refractivity contribution in [3.63, 3.8) is 0 Å². The van der Waals surface area contributed by atoms with Gasteiger partial charge in [-0.05, 0) is 18.8 Å². The maximum Gasteiger partial charge on any atom is 0.309 e. The Kier molecular flexibility index (Phi) is 1.48. The molecular formula is C12H14O2. The number of esters is 1. The molecule has 3 unspecified atom stereocenters. The maximum atomic E-state index is 11.5. The standard InChI is InChI=1S/C12H14O2/c1-12-5-3-2-4-9(12)6-8-7-10(12)14-11(8)13/h2-5,8-10H,6-7H2,1H3/t8?,9-,10?,12?/m0/s1. The third-order valence-corrected chi connectivity index (χ3v) is 4.03. The van der Waals surface area contributed by atoms with Crippen molar-refractivity contribution >= 4 is 5.97 Å². The Morgan fingerprint density at radius 3 is 3.14 bits per heavy atom. The van der Waals surface area contributed by atoms with E-state index in [-0.39, 0.29) is 23.4 Å². The van der Waals surface area contributed by atoms with Gasteiger partial charge in [-0.3, -0.25) is 4.79 Å². The molecule has 2 nitrogen and oxygen atoms in total. The van der Waals surface area contributed by atoms with Crippen LogP contribution in [0, 0.1) is 17.3 Å². The monoisotopic (exact) mass is 190 g/mol. The first-order valence-corrected chi connectivity index (χ1v) is 5.26. The number of carbonyl (C=O) groups is 1. The maximum absolute atomic E-state index is 11.5. The Balaban J connectivity index is 2.02. The predicted molar refractivity (Wildman–Crippen MR) is 52.5 cm³/mol. The molecule has 2 fully saturated rings. The molecule has 0 radical (unpaired) electrons. The van der Waals surface area contributed by atoms with Crippen molar-refractivity contribution in [2.45, 2.75) is 25.9 Å². The molecule has 4 atom stereocenters. The molecule has 0 N–H and O–H groups in total. The van der Waals surface area contributed by atoms with Crippen LogP contribution in [0.4, 0.5) is 0 Å². The Morgan fingerprint density at radius 1 is 1.43 bits per heavy atom. The largest absolute Gasteiger partial charge is 0.461 e. The lowest BCUT2D eigenvalue weighted by atomic mass is 9.62. The van der Waals surface area contributed by atoms with Gasteiger partial charge in [0.25, 0.3) is 0 Å². The Morgan fingerprint density at radius 2 is 2.29 bits per heavy atom. The highest BCUT2D eigenvalue weighted by atomic mass is 16.6. The molecule has 0 amide bonds. The summed E-state index contributed by atoms with van der Waals surface area (Å²) in [5.41, 5.74) is 0.0530. The summed E-state index contributed by atoms with van der Waals surface area (Å²) < 4.78 is 5.43. The third-order valence-electron chi connectivity index (χ3n) is 4.03. The minimum absolute atomic E-state index is 0.0208. The summed E-state index contributed by atoms with van der Waals surface area (Å²) in [7, 11) is 0. The number of hydrogen-bond donors (Lipinski definition) is 0. The van der Waals surface area contributed by atoms with Crippen molar-refractivity contribution in [2.75, 3.05) is 0 Å². The van der Waals surface area contributed by atoms with Gasteiger partial charge in [0.05, 0.1) is 5.92 Å². The Labute approximate surface area is 83.6 Å². The molecule has 1 aliphatic heterocycles. The molecular weight excluding hydrogens is 176 g/mol. The van der Waals surface area contributed by atoms with Crippen LogP contribution in [-0.2, 0) is 9.53 Å². The van der Waals surface area contributed by atoms with Crippen LogP contribution < -0.4 is 0 Å². The number of allylic oxidation sites excluding steroid dienone is 3. The molecule has 2 bridgehead atoms. The normalized spacial score (nSPS) is 48.9. The fourth-order valence-corrected chi connectivity index (χ4v) is 2.99. The second-order valence-corrected chi connectivity index (χ2v) is 4.81. The highest BCUT2D eigenvalue weighted by molar-refractivity contribution is 5.75. The quantitative estimate of drug-likeness (QED) is 0.546. The molecule has 1 saturated carbocycles. The number of carbonyl (C=O) groups excluding carboxylic acids is 1. The number of hydrogen-bond acceptors (Lipinski definition) is 2. The molecule has 14 heavy (non-hydrogen) atoms. The van der Waals surface area contributed by atoms with E-state index in [0.29, 0.717) is 5.92 Å². The van der Waals surface area contributed by atoms with Crippen LogP contribution in [0.3, 0.4) is 0 Å². The van der Waals surface area contributed by atoms with Gasteiger partial charge in [-0.15, -0.1) is 0 Å². The molecule has 2 aliphatic carbocycles. The van der Waals surface area contributed by atoms with E-state index in [0.717, 1.165) is 12.8 Å². The van der Waals surface area contributed by atoms with Gasteiger partial charge in [0.1, 0.15) is 6.10 Å². The molecule has 3 rings (SSSR count). The van der Waals surface area contributed by atoms with Crippen LogP contribution in [0.25, 0.3) is 0 Å². The lowest BCUT2D eigenvalue weighted by molar-refractivity contribution is -0.145. The average Bonchev–Trinajstić information content (AvgIpc) is 2.49. The van der Waals surface area contributed by atoms with Crippen LogP contribution in [0.5, 0.6) is 0 Å². The predicted octanol–water partition coefficient (Wildman–Crippen LogP) is 2.07. The Bertz CT molecular complexity index is 342. The molecule has 0 aromatic heterocycles. The highest BCUT2D eigenvalue weighted by Crippen LogP contribution is 2.51.